The number of nitrogens with zero attached hydrogens (tertiary/aromatic N) is 2. The van der Waals surface area contributed by atoms with Gasteiger partial charge in [0.25, 0.3) is 0 Å². The quantitative estimate of drug-likeness (QED) is 0.461. The lowest BCUT2D eigenvalue weighted by atomic mass is 10.2. The smallest absolute Gasteiger partial charge is 0.359 e. The van der Waals surface area contributed by atoms with Gasteiger partial charge in [-0.15, -0.1) is 0 Å². The van der Waals surface area contributed by atoms with Crippen molar-refractivity contribution < 1.29 is 19.0 Å². The molecule has 0 spiro atoms. The van der Waals surface area contributed by atoms with Crippen LogP contribution in [0.3, 0.4) is 0 Å². The summed E-state index contributed by atoms with van der Waals surface area (Å²) < 4.78 is 15.7. The van der Waals surface area contributed by atoms with E-state index in [-0.39, 0.29) is 12.3 Å². The molecule has 0 N–H and O–H groups in total. The van der Waals surface area contributed by atoms with Crippen LogP contribution >= 0.6 is 0 Å². The van der Waals surface area contributed by atoms with Crippen LogP contribution in [0.25, 0.3) is 0 Å². The minimum atomic E-state index is -0.552. The average molecular weight is 326 g/mol. The predicted molar refractivity (Wildman–Crippen MR) is 87.3 cm³/mol. The second-order valence-electron chi connectivity index (χ2n) is 4.80. The third-order valence-corrected chi connectivity index (χ3v) is 2.96. The summed E-state index contributed by atoms with van der Waals surface area (Å²) in [5, 5.41) is 0. The largest absolute Gasteiger partial charge is 0.497 e. The van der Waals surface area contributed by atoms with Gasteiger partial charge in [-0.1, -0.05) is 24.0 Å². The monoisotopic (exact) mass is 326 g/mol. The van der Waals surface area contributed by atoms with Crippen LogP contribution in [0.15, 0.2) is 42.9 Å². The normalized spacial score (nSPS) is 11.1. The van der Waals surface area contributed by atoms with Crippen LogP contribution in [-0.4, -0.2) is 35.8 Å². The number of hydrogen-bond donors (Lipinski definition) is 0. The van der Waals surface area contributed by atoms with E-state index < -0.39 is 12.1 Å². The van der Waals surface area contributed by atoms with Gasteiger partial charge in [0, 0.05) is 12.4 Å². The first kappa shape index (κ1) is 17.4. The molecule has 1 heterocycles. The average Bonchev–Trinajstić information content (AvgIpc) is 2.62. The summed E-state index contributed by atoms with van der Waals surface area (Å²) in [5.41, 5.74) is 1.18. The highest BCUT2D eigenvalue weighted by atomic mass is 16.5. The van der Waals surface area contributed by atoms with E-state index in [0.717, 1.165) is 11.3 Å². The molecule has 0 saturated carbocycles. The summed E-state index contributed by atoms with van der Waals surface area (Å²) in [6.07, 6.45) is 3.71. The van der Waals surface area contributed by atoms with E-state index in [1.807, 2.05) is 24.3 Å². The Morgan fingerprint density at radius 1 is 1.25 bits per heavy atom. The van der Waals surface area contributed by atoms with Gasteiger partial charge in [-0.05, 0) is 24.6 Å². The predicted octanol–water partition coefficient (Wildman–Crippen LogP) is 2.25. The number of hydrogen-bond acceptors (Lipinski definition) is 6. The van der Waals surface area contributed by atoms with Gasteiger partial charge in [-0.3, -0.25) is 4.98 Å². The second kappa shape index (κ2) is 9.28. The Morgan fingerprint density at radius 2 is 2.04 bits per heavy atom. The van der Waals surface area contributed by atoms with Crippen molar-refractivity contribution in [3.8, 4) is 17.6 Å². The fraction of sp³-hybridized carbons (Fsp3) is 0.278. The van der Waals surface area contributed by atoms with Crippen molar-refractivity contribution in [1.29, 1.82) is 0 Å². The lowest BCUT2D eigenvalue weighted by molar-refractivity contribution is 0.0430. The molecule has 0 saturated heterocycles. The van der Waals surface area contributed by atoms with Gasteiger partial charge in [0.05, 0.1) is 19.9 Å². The molecule has 0 aliphatic rings. The summed E-state index contributed by atoms with van der Waals surface area (Å²) in [4.78, 5) is 19.4. The Kier molecular flexibility index (Phi) is 6.74. The van der Waals surface area contributed by atoms with Gasteiger partial charge < -0.3 is 14.2 Å². The third kappa shape index (κ3) is 5.71. The molecule has 0 unspecified atom stereocenters. The Bertz CT molecular complexity index is 705. The van der Waals surface area contributed by atoms with Crippen molar-refractivity contribution >= 4 is 5.97 Å². The molecule has 2 rings (SSSR count). The molecule has 1 aromatic heterocycles. The van der Waals surface area contributed by atoms with Gasteiger partial charge in [0.15, 0.2) is 11.8 Å². The molecule has 24 heavy (non-hydrogen) atoms. The lowest BCUT2D eigenvalue weighted by Gasteiger charge is -2.06. The van der Waals surface area contributed by atoms with Crippen LogP contribution in [-0.2, 0) is 16.1 Å². The van der Waals surface area contributed by atoms with Gasteiger partial charge in [0.2, 0.25) is 0 Å². The number of aromatic nitrogens is 2. The van der Waals surface area contributed by atoms with Crippen LogP contribution in [0.2, 0.25) is 0 Å². The van der Waals surface area contributed by atoms with E-state index in [9.17, 15) is 4.79 Å². The lowest BCUT2D eigenvalue weighted by Crippen LogP contribution is -2.14. The number of rotatable bonds is 6. The topological polar surface area (TPSA) is 70.5 Å². The zero-order chi connectivity index (χ0) is 17.2. The Balaban J connectivity index is 1.71. The first-order valence-electron chi connectivity index (χ1n) is 7.35. The highest BCUT2D eigenvalue weighted by Crippen LogP contribution is 2.11. The minimum absolute atomic E-state index is 0.155. The molecule has 124 valence electrons. The van der Waals surface area contributed by atoms with Crippen LogP contribution < -0.4 is 4.74 Å². The fourth-order valence-electron chi connectivity index (χ4n) is 1.78. The van der Waals surface area contributed by atoms with E-state index in [2.05, 4.69) is 21.8 Å². The Labute approximate surface area is 140 Å². The summed E-state index contributed by atoms with van der Waals surface area (Å²) in [6.45, 7) is 2.39. The van der Waals surface area contributed by atoms with Crippen molar-refractivity contribution in [2.45, 2.75) is 19.6 Å². The molecule has 6 nitrogen and oxygen atoms in total. The third-order valence-electron chi connectivity index (χ3n) is 2.96. The molecule has 0 fully saturated rings. The molecule has 0 aliphatic heterocycles. The number of methoxy groups -OCH3 is 1. The number of benzene rings is 1. The van der Waals surface area contributed by atoms with E-state index in [1.165, 1.54) is 18.6 Å². The molecular formula is C18H18N2O4. The minimum Gasteiger partial charge on any atom is -0.497 e. The van der Waals surface area contributed by atoms with Crippen LogP contribution in [0.1, 0.15) is 23.0 Å². The van der Waals surface area contributed by atoms with Crippen molar-refractivity contribution in [3.05, 3.63) is 54.1 Å². The zero-order valence-electron chi connectivity index (χ0n) is 13.6. The maximum atomic E-state index is 11.7. The molecule has 0 bridgehead atoms. The molecule has 2 aromatic rings. The number of carbonyl (C=O) groups excluding carboxylic acids is 1. The van der Waals surface area contributed by atoms with Crippen molar-refractivity contribution in [2.75, 3.05) is 13.7 Å². The van der Waals surface area contributed by atoms with Gasteiger partial charge in [0.1, 0.15) is 12.4 Å². The Hall–Kier alpha value is -2.91. The maximum Gasteiger partial charge on any atom is 0.359 e. The van der Waals surface area contributed by atoms with Crippen molar-refractivity contribution in [2.24, 2.45) is 0 Å². The molecule has 0 aliphatic carbocycles. The van der Waals surface area contributed by atoms with Crippen LogP contribution in [0.5, 0.6) is 5.75 Å². The maximum absolute atomic E-state index is 11.7. The summed E-state index contributed by atoms with van der Waals surface area (Å²) in [6, 6.07) is 7.60. The van der Waals surface area contributed by atoms with E-state index >= 15 is 0 Å². The standard InChI is InChI=1S/C18H18N2O4/c1-14(24-18(21)17-12-19-9-10-20-17)4-3-11-23-13-15-5-7-16(22-2)8-6-15/h5-10,12,14H,11,13H2,1-2H3/t14-/m0/s1. The fourth-order valence-corrected chi connectivity index (χ4v) is 1.78. The molecular weight excluding hydrogens is 308 g/mol. The first-order valence-corrected chi connectivity index (χ1v) is 7.35. The molecule has 0 amide bonds. The highest BCUT2D eigenvalue weighted by molar-refractivity contribution is 5.86. The van der Waals surface area contributed by atoms with Gasteiger partial charge >= 0.3 is 5.97 Å². The van der Waals surface area contributed by atoms with E-state index in [1.54, 1.807) is 14.0 Å². The summed E-state index contributed by atoms with van der Waals surface area (Å²) in [5.74, 6) is 5.88. The van der Waals surface area contributed by atoms with Crippen LogP contribution in [0.4, 0.5) is 0 Å². The van der Waals surface area contributed by atoms with Gasteiger partial charge in [-0.2, -0.15) is 0 Å². The molecule has 1 aromatic carbocycles. The highest BCUT2D eigenvalue weighted by Gasteiger charge is 2.11. The number of ether oxygens (including phenoxy) is 3. The van der Waals surface area contributed by atoms with Crippen molar-refractivity contribution in [3.63, 3.8) is 0 Å². The summed E-state index contributed by atoms with van der Waals surface area (Å²) >= 11 is 0. The van der Waals surface area contributed by atoms with Crippen LogP contribution in [0, 0.1) is 11.8 Å². The van der Waals surface area contributed by atoms with Crippen molar-refractivity contribution in [1.82, 2.24) is 9.97 Å². The molecule has 0 radical (unpaired) electrons. The van der Waals surface area contributed by atoms with E-state index in [0.29, 0.717) is 6.61 Å². The molecule has 1 atom stereocenters. The number of esters is 1. The summed E-state index contributed by atoms with van der Waals surface area (Å²) in [7, 11) is 1.62. The molecule has 6 heteroatoms. The zero-order valence-corrected chi connectivity index (χ0v) is 13.6. The SMILES string of the molecule is COc1ccc(COCC#C[C@H](C)OC(=O)c2cnccn2)cc1. The van der Waals surface area contributed by atoms with E-state index in [4.69, 9.17) is 14.2 Å². The Morgan fingerprint density at radius 3 is 2.71 bits per heavy atom. The first-order chi connectivity index (χ1) is 11.7. The second-order valence-corrected chi connectivity index (χ2v) is 4.80. The van der Waals surface area contributed by atoms with Gasteiger partial charge in [-0.25, -0.2) is 9.78 Å². The number of carbonyl (C=O) groups is 1.